The van der Waals surface area contributed by atoms with E-state index in [1.165, 1.54) is 6.07 Å². The number of ether oxygens (including phenoxy) is 1. The van der Waals surface area contributed by atoms with Gasteiger partial charge in [-0.2, -0.15) is 0 Å². The SMILES string of the molecule is Cc1cccc(OCCC(=O)N2CCN(c3ccccc3F)CC2)c1. The first-order chi connectivity index (χ1) is 12.1. The molecule has 2 aromatic rings. The van der Waals surface area contributed by atoms with E-state index in [1.807, 2.05) is 47.1 Å². The maximum absolute atomic E-state index is 13.8. The average molecular weight is 342 g/mol. The zero-order valence-electron chi connectivity index (χ0n) is 14.5. The minimum atomic E-state index is -0.214. The van der Waals surface area contributed by atoms with Crippen LogP contribution in [0.15, 0.2) is 48.5 Å². The van der Waals surface area contributed by atoms with E-state index in [0.29, 0.717) is 44.9 Å². The van der Waals surface area contributed by atoms with Gasteiger partial charge in [-0.25, -0.2) is 4.39 Å². The van der Waals surface area contributed by atoms with Crippen LogP contribution in [-0.4, -0.2) is 43.6 Å². The lowest BCUT2D eigenvalue weighted by Crippen LogP contribution is -2.49. The summed E-state index contributed by atoms with van der Waals surface area (Å²) in [7, 11) is 0. The second-order valence-corrected chi connectivity index (χ2v) is 6.23. The number of halogens is 1. The summed E-state index contributed by atoms with van der Waals surface area (Å²) in [6.45, 7) is 4.88. The lowest BCUT2D eigenvalue weighted by Gasteiger charge is -2.36. The van der Waals surface area contributed by atoms with Gasteiger partial charge in [-0.15, -0.1) is 0 Å². The van der Waals surface area contributed by atoms with Gasteiger partial charge in [0, 0.05) is 26.2 Å². The molecule has 1 heterocycles. The fourth-order valence-corrected chi connectivity index (χ4v) is 3.02. The van der Waals surface area contributed by atoms with Crippen LogP contribution in [0.2, 0.25) is 0 Å². The summed E-state index contributed by atoms with van der Waals surface area (Å²) in [5.74, 6) is 0.659. The monoisotopic (exact) mass is 342 g/mol. The molecule has 1 fully saturated rings. The van der Waals surface area contributed by atoms with E-state index in [2.05, 4.69) is 0 Å². The Morgan fingerprint density at radius 2 is 1.84 bits per heavy atom. The number of nitrogens with zero attached hydrogens (tertiary/aromatic N) is 2. The molecule has 1 saturated heterocycles. The molecule has 0 saturated carbocycles. The van der Waals surface area contributed by atoms with Gasteiger partial charge in [-0.05, 0) is 36.8 Å². The Kier molecular flexibility index (Phi) is 5.53. The second kappa shape index (κ2) is 8.01. The molecule has 0 atom stereocenters. The number of amides is 1. The Morgan fingerprint density at radius 3 is 2.56 bits per heavy atom. The van der Waals surface area contributed by atoms with Gasteiger partial charge in [0.15, 0.2) is 0 Å². The van der Waals surface area contributed by atoms with Crippen molar-refractivity contribution in [2.24, 2.45) is 0 Å². The van der Waals surface area contributed by atoms with Crippen molar-refractivity contribution in [1.29, 1.82) is 0 Å². The van der Waals surface area contributed by atoms with E-state index in [9.17, 15) is 9.18 Å². The number of hydrogen-bond acceptors (Lipinski definition) is 3. The van der Waals surface area contributed by atoms with Crippen LogP contribution in [-0.2, 0) is 4.79 Å². The van der Waals surface area contributed by atoms with Crippen LogP contribution < -0.4 is 9.64 Å². The molecule has 0 unspecified atom stereocenters. The minimum absolute atomic E-state index is 0.0841. The number of aryl methyl sites for hydroxylation is 1. The standard InChI is InChI=1S/C20H23FN2O2/c1-16-5-4-6-17(15-16)25-14-9-20(24)23-12-10-22(11-13-23)19-8-3-2-7-18(19)21/h2-8,15H,9-14H2,1H3. The lowest BCUT2D eigenvalue weighted by molar-refractivity contribution is -0.132. The largest absolute Gasteiger partial charge is 0.493 e. The summed E-state index contributed by atoms with van der Waals surface area (Å²) >= 11 is 0. The highest BCUT2D eigenvalue weighted by molar-refractivity contribution is 5.76. The van der Waals surface area contributed by atoms with Crippen LogP contribution in [0, 0.1) is 12.7 Å². The number of rotatable bonds is 5. The van der Waals surface area contributed by atoms with Crippen molar-refractivity contribution in [1.82, 2.24) is 4.90 Å². The topological polar surface area (TPSA) is 32.8 Å². The van der Waals surface area contributed by atoms with Gasteiger partial charge >= 0.3 is 0 Å². The third-order valence-corrected chi connectivity index (χ3v) is 4.40. The Hall–Kier alpha value is -2.56. The fourth-order valence-electron chi connectivity index (χ4n) is 3.02. The van der Waals surface area contributed by atoms with Gasteiger partial charge in [0.2, 0.25) is 5.91 Å². The van der Waals surface area contributed by atoms with Crippen LogP contribution in [0.5, 0.6) is 5.75 Å². The molecule has 2 aromatic carbocycles. The highest BCUT2D eigenvalue weighted by Crippen LogP contribution is 2.20. The van der Waals surface area contributed by atoms with E-state index in [-0.39, 0.29) is 11.7 Å². The molecular weight excluding hydrogens is 319 g/mol. The molecule has 1 aliphatic rings. The fraction of sp³-hybridized carbons (Fsp3) is 0.350. The maximum atomic E-state index is 13.8. The highest BCUT2D eigenvalue weighted by atomic mass is 19.1. The summed E-state index contributed by atoms with van der Waals surface area (Å²) in [6, 6.07) is 14.6. The molecule has 1 aliphatic heterocycles. The van der Waals surface area contributed by atoms with Crippen LogP contribution >= 0.6 is 0 Å². The normalized spacial score (nSPS) is 14.5. The Bertz CT molecular complexity index is 727. The van der Waals surface area contributed by atoms with E-state index in [0.717, 1.165) is 11.3 Å². The third-order valence-electron chi connectivity index (χ3n) is 4.40. The molecule has 0 spiro atoms. The Morgan fingerprint density at radius 1 is 1.08 bits per heavy atom. The number of carbonyl (C=O) groups is 1. The van der Waals surface area contributed by atoms with Crippen LogP contribution in [0.25, 0.3) is 0 Å². The van der Waals surface area contributed by atoms with Crippen molar-refractivity contribution < 1.29 is 13.9 Å². The number of anilines is 1. The Labute approximate surface area is 147 Å². The van der Waals surface area contributed by atoms with Crippen molar-refractivity contribution in [3.8, 4) is 5.75 Å². The second-order valence-electron chi connectivity index (χ2n) is 6.23. The number of hydrogen-bond donors (Lipinski definition) is 0. The summed E-state index contributed by atoms with van der Waals surface area (Å²) < 4.78 is 19.5. The van der Waals surface area contributed by atoms with E-state index >= 15 is 0 Å². The zero-order chi connectivity index (χ0) is 17.6. The number of para-hydroxylation sites is 1. The first-order valence-electron chi connectivity index (χ1n) is 8.60. The van der Waals surface area contributed by atoms with Gasteiger partial charge < -0.3 is 14.5 Å². The molecule has 132 valence electrons. The van der Waals surface area contributed by atoms with Crippen LogP contribution in [0.4, 0.5) is 10.1 Å². The van der Waals surface area contributed by atoms with Gasteiger partial charge in [0.1, 0.15) is 11.6 Å². The average Bonchev–Trinajstić information content (AvgIpc) is 2.62. The van der Waals surface area contributed by atoms with Gasteiger partial charge in [0.25, 0.3) is 0 Å². The van der Waals surface area contributed by atoms with Crippen LogP contribution in [0.3, 0.4) is 0 Å². The maximum Gasteiger partial charge on any atom is 0.226 e. The molecule has 0 N–H and O–H groups in total. The van der Waals surface area contributed by atoms with Gasteiger partial charge in [-0.1, -0.05) is 24.3 Å². The van der Waals surface area contributed by atoms with Gasteiger partial charge in [-0.3, -0.25) is 4.79 Å². The molecule has 25 heavy (non-hydrogen) atoms. The summed E-state index contributed by atoms with van der Waals surface area (Å²) in [5, 5.41) is 0. The van der Waals surface area contributed by atoms with Crippen molar-refractivity contribution in [3.63, 3.8) is 0 Å². The van der Waals surface area contributed by atoms with Crippen molar-refractivity contribution >= 4 is 11.6 Å². The van der Waals surface area contributed by atoms with Crippen molar-refractivity contribution in [2.75, 3.05) is 37.7 Å². The number of carbonyl (C=O) groups excluding carboxylic acids is 1. The molecule has 0 radical (unpaired) electrons. The van der Waals surface area contributed by atoms with Gasteiger partial charge in [0.05, 0.1) is 18.7 Å². The third kappa shape index (κ3) is 4.50. The molecule has 4 nitrogen and oxygen atoms in total. The molecule has 0 bridgehead atoms. The summed E-state index contributed by atoms with van der Waals surface area (Å²) in [5.41, 5.74) is 1.74. The molecule has 3 rings (SSSR count). The molecule has 0 aliphatic carbocycles. The van der Waals surface area contributed by atoms with Crippen molar-refractivity contribution in [3.05, 3.63) is 59.9 Å². The molecule has 0 aromatic heterocycles. The smallest absolute Gasteiger partial charge is 0.226 e. The van der Waals surface area contributed by atoms with Crippen LogP contribution in [0.1, 0.15) is 12.0 Å². The minimum Gasteiger partial charge on any atom is -0.493 e. The predicted molar refractivity (Wildman–Crippen MR) is 96.5 cm³/mol. The number of benzene rings is 2. The molecule has 1 amide bonds. The highest BCUT2D eigenvalue weighted by Gasteiger charge is 2.22. The van der Waals surface area contributed by atoms with Crippen molar-refractivity contribution in [2.45, 2.75) is 13.3 Å². The van der Waals surface area contributed by atoms with E-state index in [1.54, 1.807) is 12.1 Å². The predicted octanol–water partition coefficient (Wildman–Crippen LogP) is 3.25. The Balaban J connectivity index is 1.45. The summed E-state index contributed by atoms with van der Waals surface area (Å²) in [6.07, 6.45) is 0.355. The number of piperazine rings is 1. The first-order valence-corrected chi connectivity index (χ1v) is 8.60. The first kappa shape index (κ1) is 17.3. The zero-order valence-corrected chi connectivity index (χ0v) is 14.5. The lowest BCUT2D eigenvalue weighted by atomic mass is 10.2. The van der Waals surface area contributed by atoms with E-state index < -0.39 is 0 Å². The molecule has 5 heteroatoms. The van der Waals surface area contributed by atoms with E-state index in [4.69, 9.17) is 4.74 Å². The molecular formula is C20H23FN2O2. The summed E-state index contributed by atoms with van der Waals surface area (Å²) in [4.78, 5) is 16.1. The quantitative estimate of drug-likeness (QED) is 0.836.